The average Bonchev–Trinajstić information content (AvgIpc) is 2.36. The van der Waals surface area contributed by atoms with E-state index >= 15 is 0 Å². The molecule has 8 heteroatoms. The Balaban J connectivity index is 3.03. The van der Waals surface area contributed by atoms with Crippen molar-refractivity contribution in [3.63, 3.8) is 0 Å². The first kappa shape index (κ1) is 17.1. The van der Waals surface area contributed by atoms with Gasteiger partial charge in [0, 0.05) is 6.42 Å². The molecule has 5 nitrogen and oxygen atoms in total. The van der Waals surface area contributed by atoms with Gasteiger partial charge in [-0.2, -0.15) is 13.2 Å². The van der Waals surface area contributed by atoms with Crippen molar-refractivity contribution >= 4 is 5.97 Å². The molecule has 0 radical (unpaired) electrons. The van der Waals surface area contributed by atoms with Crippen molar-refractivity contribution in [2.45, 2.75) is 32.0 Å². The van der Waals surface area contributed by atoms with Gasteiger partial charge >= 0.3 is 12.1 Å². The van der Waals surface area contributed by atoms with Crippen LogP contribution in [0, 0.1) is 0 Å². The van der Waals surface area contributed by atoms with E-state index in [0.717, 1.165) is 6.07 Å². The highest BCUT2D eigenvalue weighted by Gasteiger charge is 2.35. The Morgan fingerprint density at radius 1 is 1.29 bits per heavy atom. The fraction of sp³-hybridized carbons (Fsp3) is 0.462. The molecule has 0 unspecified atom stereocenters. The van der Waals surface area contributed by atoms with E-state index in [0.29, 0.717) is 19.0 Å². The van der Waals surface area contributed by atoms with Gasteiger partial charge in [0.15, 0.2) is 0 Å². The van der Waals surface area contributed by atoms with Crippen LogP contribution in [0.1, 0.15) is 24.5 Å². The predicted octanol–water partition coefficient (Wildman–Crippen LogP) is 2.11. The summed E-state index contributed by atoms with van der Waals surface area (Å²) in [5, 5.41) is 30.7. The van der Waals surface area contributed by atoms with Crippen molar-refractivity contribution in [2.75, 3.05) is 6.54 Å². The molecule has 1 atom stereocenters. The highest BCUT2D eigenvalue weighted by molar-refractivity contribution is 5.74. The number of halogens is 3. The van der Waals surface area contributed by atoms with Gasteiger partial charge in [0.05, 0.1) is 0 Å². The lowest BCUT2D eigenvalue weighted by atomic mass is 10.0. The Bertz CT molecular complexity index is 517. The number of phenols is 2. The highest BCUT2D eigenvalue weighted by Crippen LogP contribution is 2.39. The van der Waals surface area contributed by atoms with Crippen LogP contribution in [-0.4, -0.2) is 33.9 Å². The van der Waals surface area contributed by atoms with Crippen molar-refractivity contribution in [1.29, 1.82) is 0 Å². The summed E-state index contributed by atoms with van der Waals surface area (Å²) in [5.41, 5.74) is -1.44. The molecule has 0 saturated heterocycles. The van der Waals surface area contributed by atoms with Gasteiger partial charge in [-0.25, -0.2) is 0 Å². The summed E-state index contributed by atoms with van der Waals surface area (Å²) < 4.78 is 37.6. The smallest absolute Gasteiger partial charge is 0.420 e. The molecule has 1 rings (SSSR count). The molecule has 0 fully saturated rings. The number of hydrogen-bond donors (Lipinski definition) is 4. The van der Waals surface area contributed by atoms with Gasteiger partial charge in [0.2, 0.25) is 0 Å². The second kappa shape index (κ2) is 6.66. The van der Waals surface area contributed by atoms with Gasteiger partial charge in [-0.05, 0) is 30.7 Å². The third-order valence-corrected chi connectivity index (χ3v) is 2.87. The fourth-order valence-electron chi connectivity index (χ4n) is 1.80. The van der Waals surface area contributed by atoms with Crippen LogP contribution >= 0.6 is 0 Å². The molecule has 118 valence electrons. The zero-order chi connectivity index (χ0) is 16.2. The standard InChI is InChI=1S/C13H16F3NO4/c1-2-3-17-9(12(20)21)4-7-5-11(19)8(6-10(7)18)13(14,15)16/h5-6,9,17-19H,2-4H2,1H3,(H,20,21)/t9-/m0/s1. The largest absolute Gasteiger partial charge is 0.508 e. The summed E-state index contributed by atoms with van der Waals surface area (Å²) in [6.07, 6.45) is -4.37. The van der Waals surface area contributed by atoms with Gasteiger partial charge in [0.25, 0.3) is 0 Å². The maximum Gasteiger partial charge on any atom is 0.420 e. The summed E-state index contributed by atoms with van der Waals surface area (Å²) in [6.45, 7) is 2.23. The summed E-state index contributed by atoms with van der Waals surface area (Å²) in [6, 6.07) is 0.0671. The number of carboxylic acid groups (broad SMARTS) is 1. The Hall–Kier alpha value is -1.96. The van der Waals surface area contributed by atoms with E-state index in [1.54, 1.807) is 0 Å². The molecule has 1 aromatic carbocycles. The van der Waals surface area contributed by atoms with E-state index in [-0.39, 0.29) is 12.0 Å². The van der Waals surface area contributed by atoms with Crippen molar-refractivity contribution < 1.29 is 33.3 Å². The van der Waals surface area contributed by atoms with Crippen LogP contribution in [-0.2, 0) is 17.4 Å². The van der Waals surface area contributed by atoms with Crippen LogP contribution in [0.3, 0.4) is 0 Å². The number of phenolic OH excluding ortho intramolecular Hbond substituents is 2. The topological polar surface area (TPSA) is 89.8 Å². The highest BCUT2D eigenvalue weighted by atomic mass is 19.4. The second-order valence-electron chi connectivity index (χ2n) is 4.54. The first-order chi connectivity index (χ1) is 9.66. The summed E-state index contributed by atoms with van der Waals surface area (Å²) in [5.74, 6) is -2.94. The lowest BCUT2D eigenvalue weighted by Crippen LogP contribution is -2.38. The number of hydrogen-bond acceptors (Lipinski definition) is 4. The molecule has 0 aliphatic heterocycles. The number of benzene rings is 1. The number of carboxylic acids is 1. The van der Waals surface area contributed by atoms with Gasteiger partial charge in [-0.15, -0.1) is 0 Å². The van der Waals surface area contributed by atoms with Crippen LogP contribution in [0.4, 0.5) is 13.2 Å². The molecule has 21 heavy (non-hydrogen) atoms. The minimum absolute atomic E-state index is 0.0727. The third-order valence-electron chi connectivity index (χ3n) is 2.87. The van der Waals surface area contributed by atoms with Gasteiger partial charge in [-0.1, -0.05) is 6.92 Å². The molecule has 0 bridgehead atoms. The number of alkyl halides is 3. The van der Waals surface area contributed by atoms with E-state index in [1.807, 2.05) is 6.92 Å². The average molecular weight is 307 g/mol. The minimum Gasteiger partial charge on any atom is -0.508 e. The molecule has 0 aliphatic rings. The molecule has 0 spiro atoms. The van der Waals surface area contributed by atoms with Gasteiger partial charge in [-0.3, -0.25) is 4.79 Å². The Kier molecular flexibility index (Phi) is 5.42. The first-order valence-electron chi connectivity index (χ1n) is 6.25. The molecular formula is C13H16F3NO4. The predicted molar refractivity (Wildman–Crippen MR) is 68.2 cm³/mol. The lowest BCUT2D eigenvalue weighted by molar-refractivity contribution is -0.140. The van der Waals surface area contributed by atoms with Crippen LogP contribution in [0.5, 0.6) is 11.5 Å². The lowest BCUT2D eigenvalue weighted by Gasteiger charge is -2.16. The zero-order valence-electron chi connectivity index (χ0n) is 11.2. The molecule has 4 N–H and O–H groups in total. The number of aliphatic carboxylic acids is 1. The van der Waals surface area contributed by atoms with E-state index in [2.05, 4.69) is 5.32 Å². The molecule has 0 amide bonds. The number of aromatic hydroxyl groups is 2. The SMILES string of the molecule is CCCN[C@@H](Cc1cc(O)c(C(F)(F)F)cc1O)C(=O)O. The zero-order valence-corrected chi connectivity index (χ0v) is 11.2. The normalized spacial score (nSPS) is 13.1. The van der Waals surface area contributed by atoms with Crippen molar-refractivity contribution in [2.24, 2.45) is 0 Å². The van der Waals surface area contributed by atoms with Gasteiger partial charge in [0.1, 0.15) is 23.1 Å². The Morgan fingerprint density at radius 2 is 1.90 bits per heavy atom. The Labute approximate surface area is 119 Å². The van der Waals surface area contributed by atoms with E-state index in [9.17, 15) is 28.2 Å². The molecular weight excluding hydrogens is 291 g/mol. The third kappa shape index (κ3) is 4.52. The van der Waals surface area contributed by atoms with Crippen molar-refractivity contribution in [3.8, 4) is 11.5 Å². The minimum atomic E-state index is -4.80. The monoisotopic (exact) mass is 307 g/mol. The van der Waals surface area contributed by atoms with Gasteiger partial charge < -0.3 is 20.6 Å². The number of rotatable bonds is 6. The first-order valence-corrected chi connectivity index (χ1v) is 6.25. The molecule has 1 aromatic rings. The molecule has 0 heterocycles. The fourth-order valence-corrected chi connectivity index (χ4v) is 1.80. The van der Waals surface area contributed by atoms with Crippen LogP contribution in [0.2, 0.25) is 0 Å². The summed E-state index contributed by atoms with van der Waals surface area (Å²) in [4.78, 5) is 11.0. The maximum atomic E-state index is 12.5. The number of carbonyl (C=O) groups is 1. The van der Waals surface area contributed by atoms with Crippen LogP contribution in [0.15, 0.2) is 12.1 Å². The van der Waals surface area contributed by atoms with Crippen molar-refractivity contribution in [1.82, 2.24) is 5.32 Å². The van der Waals surface area contributed by atoms with Crippen molar-refractivity contribution in [3.05, 3.63) is 23.3 Å². The molecule has 0 aromatic heterocycles. The van der Waals surface area contributed by atoms with Crippen LogP contribution < -0.4 is 5.32 Å². The van der Waals surface area contributed by atoms with E-state index in [1.165, 1.54) is 0 Å². The Morgan fingerprint density at radius 3 is 2.38 bits per heavy atom. The van der Waals surface area contributed by atoms with Crippen LogP contribution in [0.25, 0.3) is 0 Å². The molecule has 0 aliphatic carbocycles. The summed E-state index contributed by atoms with van der Waals surface area (Å²) >= 11 is 0. The second-order valence-corrected chi connectivity index (χ2v) is 4.54. The van der Waals surface area contributed by atoms with E-state index < -0.39 is 35.2 Å². The summed E-state index contributed by atoms with van der Waals surface area (Å²) in [7, 11) is 0. The molecule has 0 saturated carbocycles. The number of nitrogens with one attached hydrogen (secondary N) is 1. The maximum absolute atomic E-state index is 12.5. The quantitative estimate of drug-likeness (QED) is 0.604. The van der Waals surface area contributed by atoms with E-state index in [4.69, 9.17) is 5.11 Å².